The number of nitro groups is 1. The van der Waals surface area contributed by atoms with Gasteiger partial charge < -0.3 is 19.8 Å². The smallest absolute Gasteiger partial charge is 0.256 e. The largest absolute Gasteiger partial charge is 0.549 e. The molecule has 0 aromatic carbocycles. The number of carbonyl (C=O) groups excluding carboxylic acids is 2. The molecule has 16 heavy (non-hydrogen) atoms. The molecule has 0 radical (unpaired) electrons. The summed E-state index contributed by atoms with van der Waals surface area (Å²) in [5.41, 5.74) is -2.70. The number of carboxylic acids is 2. The molecule has 0 N–H and O–H groups in total. The lowest BCUT2D eigenvalue weighted by atomic mass is 9.72. The van der Waals surface area contributed by atoms with Crippen molar-refractivity contribution in [3.05, 3.63) is 34.0 Å². The van der Waals surface area contributed by atoms with Gasteiger partial charge in [-0.15, -0.1) is 0 Å². The summed E-state index contributed by atoms with van der Waals surface area (Å²) in [6, 6.07) is 0. The first-order valence-electron chi connectivity index (χ1n) is 4.27. The van der Waals surface area contributed by atoms with Crippen LogP contribution >= 0.6 is 0 Å². The Balaban J connectivity index is 3.32. The van der Waals surface area contributed by atoms with E-state index in [4.69, 9.17) is 0 Å². The zero-order valence-electron chi connectivity index (χ0n) is 8.21. The lowest BCUT2D eigenvalue weighted by molar-refractivity contribution is -0.440. The van der Waals surface area contributed by atoms with E-state index in [1.54, 1.807) is 0 Å². The fraction of sp³-hybridized carbons (Fsp3) is 0.333. The molecule has 0 bridgehead atoms. The Bertz CT molecular complexity index is 424. The maximum Gasteiger partial charge on any atom is 0.256 e. The summed E-state index contributed by atoms with van der Waals surface area (Å²) in [7, 11) is 0. The average Bonchev–Trinajstić information content (AvgIpc) is 2.16. The minimum absolute atomic E-state index is 0.728. The number of aliphatic carboxylic acids is 2. The van der Waals surface area contributed by atoms with Crippen LogP contribution in [0.15, 0.2) is 23.9 Å². The number of hydrogen-bond acceptors (Lipinski definition) is 6. The minimum Gasteiger partial charge on any atom is -0.549 e. The van der Waals surface area contributed by atoms with Gasteiger partial charge in [0.05, 0.1) is 16.9 Å². The molecular formula is C9H7NO6-2. The zero-order valence-corrected chi connectivity index (χ0v) is 8.21. The second-order valence-corrected chi connectivity index (χ2v) is 3.53. The normalized spacial score (nSPS) is 28.3. The average molecular weight is 225 g/mol. The predicted molar refractivity (Wildman–Crippen MR) is 45.8 cm³/mol. The van der Waals surface area contributed by atoms with Crippen molar-refractivity contribution in [1.82, 2.24) is 0 Å². The van der Waals surface area contributed by atoms with Gasteiger partial charge in [0.2, 0.25) is 0 Å². The van der Waals surface area contributed by atoms with Gasteiger partial charge in [-0.1, -0.05) is 12.2 Å². The van der Waals surface area contributed by atoms with Crippen molar-refractivity contribution in [3.63, 3.8) is 0 Å². The molecule has 0 aliphatic heterocycles. The van der Waals surface area contributed by atoms with Crippen LogP contribution in [0.25, 0.3) is 0 Å². The van der Waals surface area contributed by atoms with Crippen LogP contribution in [-0.2, 0) is 9.59 Å². The predicted octanol–water partition coefficient (Wildman–Crippen LogP) is -2.16. The number of hydrogen-bond donors (Lipinski definition) is 0. The highest BCUT2D eigenvalue weighted by molar-refractivity contribution is 5.85. The third kappa shape index (κ3) is 1.67. The van der Waals surface area contributed by atoms with E-state index in [0.717, 1.165) is 25.2 Å². The van der Waals surface area contributed by atoms with Gasteiger partial charge in [0.25, 0.3) is 5.70 Å². The second kappa shape index (κ2) is 3.76. The van der Waals surface area contributed by atoms with Gasteiger partial charge in [0.1, 0.15) is 5.92 Å². The summed E-state index contributed by atoms with van der Waals surface area (Å²) < 4.78 is 0. The highest BCUT2D eigenvalue weighted by atomic mass is 16.6. The van der Waals surface area contributed by atoms with Crippen LogP contribution in [0.3, 0.4) is 0 Å². The van der Waals surface area contributed by atoms with Crippen molar-refractivity contribution in [2.75, 3.05) is 0 Å². The molecule has 2 unspecified atom stereocenters. The highest BCUT2D eigenvalue weighted by Crippen LogP contribution is 2.37. The van der Waals surface area contributed by atoms with Crippen LogP contribution in [0.2, 0.25) is 0 Å². The third-order valence-electron chi connectivity index (χ3n) is 2.49. The maximum absolute atomic E-state index is 10.9. The molecule has 0 amide bonds. The fourth-order valence-electron chi connectivity index (χ4n) is 1.56. The molecule has 0 spiro atoms. The molecule has 0 aromatic heterocycles. The summed E-state index contributed by atoms with van der Waals surface area (Å²) in [6.45, 7) is 1.04. The van der Waals surface area contributed by atoms with Crippen molar-refractivity contribution < 1.29 is 24.7 Å². The minimum atomic E-state index is -1.98. The molecule has 2 atom stereocenters. The quantitative estimate of drug-likeness (QED) is 0.398. The first-order valence-corrected chi connectivity index (χ1v) is 4.27. The van der Waals surface area contributed by atoms with Gasteiger partial charge in [0, 0.05) is 11.5 Å². The topological polar surface area (TPSA) is 123 Å². The van der Waals surface area contributed by atoms with E-state index in [2.05, 4.69) is 0 Å². The highest BCUT2D eigenvalue weighted by Gasteiger charge is 2.44. The summed E-state index contributed by atoms with van der Waals surface area (Å²) in [6.07, 6.45) is 3.09. The van der Waals surface area contributed by atoms with Gasteiger partial charge in [-0.3, -0.25) is 10.1 Å². The van der Waals surface area contributed by atoms with Crippen LogP contribution in [-0.4, -0.2) is 16.9 Å². The van der Waals surface area contributed by atoms with Gasteiger partial charge in [0.15, 0.2) is 0 Å². The van der Waals surface area contributed by atoms with E-state index >= 15 is 0 Å². The van der Waals surface area contributed by atoms with Crippen molar-refractivity contribution in [2.45, 2.75) is 6.92 Å². The van der Waals surface area contributed by atoms with E-state index < -0.39 is 33.9 Å². The van der Waals surface area contributed by atoms with Crippen LogP contribution in [0.4, 0.5) is 0 Å². The molecule has 0 saturated heterocycles. The summed E-state index contributed by atoms with van der Waals surface area (Å²) >= 11 is 0. The first-order chi connectivity index (χ1) is 7.30. The van der Waals surface area contributed by atoms with Gasteiger partial charge in [-0.25, -0.2) is 0 Å². The number of carboxylic acid groups (broad SMARTS) is 2. The molecule has 7 nitrogen and oxygen atoms in total. The van der Waals surface area contributed by atoms with Crippen LogP contribution in [0.5, 0.6) is 0 Å². The fourth-order valence-corrected chi connectivity index (χ4v) is 1.56. The van der Waals surface area contributed by atoms with E-state index in [9.17, 15) is 29.9 Å². The molecule has 86 valence electrons. The Hall–Kier alpha value is -2.18. The van der Waals surface area contributed by atoms with E-state index in [1.165, 1.54) is 0 Å². The summed E-state index contributed by atoms with van der Waals surface area (Å²) in [5, 5.41) is 32.2. The molecule has 7 heteroatoms. The Morgan fingerprint density at radius 1 is 1.44 bits per heavy atom. The van der Waals surface area contributed by atoms with Crippen LogP contribution < -0.4 is 10.2 Å². The number of carbonyl (C=O) groups is 2. The summed E-state index contributed by atoms with van der Waals surface area (Å²) in [4.78, 5) is 31.3. The standard InChI is InChI=1S/C9H9NO6/c1-9(8(13)14)4-2-3-5(10(15)16)6(9)7(11)12/h2-4,6H,1H3,(H,11,12)(H,13,14)/p-2. The monoisotopic (exact) mass is 225 g/mol. The molecule has 1 rings (SSSR count). The van der Waals surface area contributed by atoms with Crippen molar-refractivity contribution in [3.8, 4) is 0 Å². The van der Waals surface area contributed by atoms with Crippen molar-refractivity contribution in [2.24, 2.45) is 11.3 Å². The van der Waals surface area contributed by atoms with Gasteiger partial charge in [-0.05, 0) is 6.92 Å². The Morgan fingerprint density at radius 2 is 2.00 bits per heavy atom. The Labute approximate surface area is 89.8 Å². The Kier molecular flexibility index (Phi) is 2.80. The number of rotatable bonds is 3. The summed E-state index contributed by atoms with van der Waals surface area (Å²) in [5.74, 6) is -5.39. The molecular weight excluding hydrogens is 218 g/mol. The molecule has 0 saturated carbocycles. The molecule has 1 aliphatic carbocycles. The molecule has 1 aliphatic rings. The second-order valence-electron chi connectivity index (χ2n) is 3.53. The maximum atomic E-state index is 10.9. The molecule has 0 heterocycles. The number of allylic oxidation sites excluding steroid dienone is 2. The molecule has 0 aromatic rings. The van der Waals surface area contributed by atoms with E-state index in [0.29, 0.717) is 0 Å². The van der Waals surface area contributed by atoms with Gasteiger partial charge in [-0.2, -0.15) is 0 Å². The van der Waals surface area contributed by atoms with E-state index in [-0.39, 0.29) is 0 Å². The van der Waals surface area contributed by atoms with Crippen LogP contribution in [0, 0.1) is 21.4 Å². The van der Waals surface area contributed by atoms with Crippen molar-refractivity contribution >= 4 is 11.9 Å². The number of nitrogens with zero attached hydrogens (tertiary/aromatic N) is 1. The lowest BCUT2D eigenvalue weighted by Crippen LogP contribution is -2.52. The zero-order chi connectivity index (χ0) is 12.5. The SMILES string of the molecule is CC1(C(=O)[O-])C=CC=C([N+](=O)[O-])C1C(=O)[O-]. The third-order valence-corrected chi connectivity index (χ3v) is 2.49. The first kappa shape index (κ1) is 11.9. The lowest BCUT2D eigenvalue weighted by Gasteiger charge is -2.36. The van der Waals surface area contributed by atoms with E-state index in [1.807, 2.05) is 0 Å². The van der Waals surface area contributed by atoms with Gasteiger partial charge >= 0.3 is 0 Å². The van der Waals surface area contributed by atoms with Crippen LogP contribution in [0.1, 0.15) is 6.92 Å². The Morgan fingerprint density at radius 3 is 2.38 bits per heavy atom. The van der Waals surface area contributed by atoms with Crippen molar-refractivity contribution in [1.29, 1.82) is 0 Å². The molecule has 0 fully saturated rings.